The summed E-state index contributed by atoms with van der Waals surface area (Å²) in [5.74, 6) is 0. The Morgan fingerprint density at radius 3 is 2.76 bits per heavy atom. The lowest BCUT2D eigenvalue weighted by Crippen LogP contribution is -1.99. The van der Waals surface area contributed by atoms with Crippen molar-refractivity contribution in [2.75, 3.05) is 0 Å². The highest BCUT2D eigenvalue weighted by atomic mass is 14.3. The van der Waals surface area contributed by atoms with Crippen molar-refractivity contribution in [3.05, 3.63) is 82.0 Å². The molecule has 0 fully saturated rings. The normalized spacial score (nSPS) is 15.0. The predicted octanol–water partition coefficient (Wildman–Crippen LogP) is 5.30. The van der Waals surface area contributed by atoms with Crippen molar-refractivity contribution in [2.45, 2.75) is 33.1 Å². The fourth-order valence-corrected chi connectivity index (χ4v) is 3.82. The summed E-state index contributed by atoms with van der Waals surface area (Å²) in [6.07, 6.45) is 10.0. The summed E-state index contributed by atoms with van der Waals surface area (Å²) >= 11 is 0. The van der Waals surface area contributed by atoms with Gasteiger partial charge in [0, 0.05) is 0 Å². The molecule has 2 aromatic rings. The lowest BCUT2D eigenvalue weighted by atomic mass is 9.90. The minimum atomic E-state index is 1.10. The molecule has 21 heavy (non-hydrogen) atoms. The first kappa shape index (κ1) is 12.6. The minimum Gasteiger partial charge on any atom is -0.0804 e. The summed E-state index contributed by atoms with van der Waals surface area (Å²) in [5, 5.41) is 0. The molecule has 0 spiro atoms. The van der Waals surface area contributed by atoms with Gasteiger partial charge in [-0.05, 0) is 72.1 Å². The van der Waals surface area contributed by atoms with Crippen LogP contribution >= 0.6 is 0 Å². The van der Waals surface area contributed by atoms with Gasteiger partial charge in [0.25, 0.3) is 0 Å². The molecule has 0 nitrogen and oxygen atoms in total. The molecule has 0 bridgehead atoms. The first-order valence-corrected chi connectivity index (χ1v) is 7.79. The van der Waals surface area contributed by atoms with E-state index >= 15 is 0 Å². The van der Waals surface area contributed by atoms with Gasteiger partial charge in [0.2, 0.25) is 0 Å². The quantitative estimate of drug-likeness (QED) is 0.593. The van der Waals surface area contributed by atoms with Crippen molar-refractivity contribution in [3.63, 3.8) is 0 Å². The Kier molecular flexibility index (Phi) is 2.85. The molecule has 0 aliphatic heterocycles. The highest BCUT2D eigenvalue weighted by Crippen LogP contribution is 2.41. The largest absolute Gasteiger partial charge is 0.0804 e. The van der Waals surface area contributed by atoms with Crippen LogP contribution in [0.1, 0.15) is 34.2 Å². The van der Waals surface area contributed by atoms with Crippen LogP contribution in [0.25, 0.3) is 11.1 Å². The minimum absolute atomic E-state index is 1.10. The fraction of sp³-hybridized carbons (Fsp3) is 0.238. The highest BCUT2D eigenvalue weighted by Gasteiger charge is 2.23. The zero-order chi connectivity index (χ0) is 14.4. The Morgan fingerprint density at radius 1 is 1.10 bits per heavy atom. The molecule has 0 saturated heterocycles. The van der Waals surface area contributed by atoms with Crippen LogP contribution in [0.3, 0.4) is 0 Å². The molecule has 0 unspecified atom stereocenters. The number of rotatable bonds is 2. The van der Waals surface area contributed by atoms with Crippen LogP contribution in [-0.4, -0.2) is 0 Å². The Balaban J connectivity index is 1.81. The number of hydrogen-bond acceptors (Lipinski definition) is 0. The number of aryl methyl sites for hydroxylation is 1. The zero-order valence-electron chi connectivity index (χ0n) is 12.7. The molecule has 0 amide bonds. The van der Waals surface area contributed by atoms with Gasteiger partial charge in [-0.1, -0.05) is 54.1 Å². The van der Waals surface area contributed by atoms with Gasteiger partial charge >= 0.3 is 0 Å². The second kappa shape index (κ2) is 4.73. The molecule has 0 heteroatoms. The fourth-order valence-electron chi connectivity index (χ4n) is 3.82. The molecule has 0 N–H and O–H groups in total. The second-order valence-corrected chi connectivity index (χ2v) is 6.30. The van der Waals surface area contributed by atoms with Gasteiger partial charge in [-0.2, -0.15) is 0 Å². The van der Waals surface area contributed by atoms with Crippen LogP contribution in [0.15, 0.2) is 54.1 Å². The molecule has 4 rings (SSSR count). The molecule has 2 aliphatic rings. The van der Waals surface area contributed by atoms with E-state index in [0.29, 0.717) is 0 Å². The summed E-state index contributed by atoms with van der Waals surface area (Å²) in [6, 6.07) is 11.3. The van der Waals surface area contributed by atoms with Gasteiger partial charge in [-0.3, -0.25) is 0 Å². The van der Waals surface area contributed by atoms with E-state index in [2.05, 4.69) is 62.4 Å². The van der Waals surface area contributed by atoms with E-state index in [-0.39, 0.29) is 0 Å². The van der Waals surface area contributed by atoms with Crippen LogP contribution in [0.5, 0.6) is 0 Å². The molecule has 104 valence electrons. The summed E-state index contributed by atoms with van der Waals surface area (Å²) in [7, 11) is 0. The second-order valence-electron chi connectivity index (χ2n) is 6.30. The maximum atomic E-state index is 2.41. The first-order chi connectivity index (χ1) is 10.2. The molecular weight excluding hydrogens is 252 g/mol. The van der Waals surface area contributed by atoms with Crippen LogP contribution in [0.2, 0.25) is 0 Å². The maximum Gasteiger partial charge on any atom is -0.00106 e. The van der Waals surface area contributed by atoms with E-state index in [4.69, 9.17) is 0 Å². The summed E-state index contributed by atoms with van der Waals surface area (Å²) in [6.45, 7) is 4.58. The average Bonchev–Trinajstić information content (AvgIpc) is 3.11. The lowest BCUT2D eigenvalue weighted by Gasteiger charge is -2.15. The van der Waals surface area contributed by atoms with Crippen molar-refractivity contribution < 1.29 is 0 Å². The third-order valence-electron chi connectivity index (χ3n) is 4.94. The van der Waals surface area contributed by atoms with E-state index in [9.17, 15) is 0 Å². The van der Waals surface area contributed by atoms with Crippen molar-refractivity contribution in [2.24, 2.45) is 0 Å². The maximum absolute atomic E-state index is 2.41. The highest BCUT2D eigenvalue weighted by molar-refractivity contribution is 5.81. The number of hydrogen-bond donors (Lipinski definition) is 0. The van der Waals surface area contributed by atoms with E-state index in [1.54, 1.807) is 5.56 Å². The molecule has 0 heterocycles. The Morgan fingerprint density at radius 2 is 1.95 bits per heavy atom. The van der Waals surface area contributed by atoms with Crippen molar-refractivity contribution in [1.82, 2.24) is 0 Å². The van der Waals surface area contributed by atoms with Gasteiger partial charge in [0.05, 0.1) is 0 Å². The predicted molar refractivity (Wildman–Crippen MR) is 89.7 cm³/mol. The Bertz CT molecular complexity index is 788. The molecule has 0 aromatic heterocycles. The van der Waals surface area contributed by atoms with Crippen molar-refractivity contribution in [3.8, 4) is 11.1 Å². The van der Waals surface area contributed by atoms with Gasteiger partial charge in [-0.15, -0.1) is 0 Å². The molecule has 0 radical (unpaired) electrons. The summed E-state index contributed by atoms with van der Waals surface area (Å²) in [4.78, 5) is 0. The lowest BCUT2D eigenvalue weighted by molar-refractivity contribution is 1.05. The Labute approximate surface area is 126 Å². The number of allylic oxidation sites excluding steroid dienone is 4. The topological polar surface area (TPSA) is 0 Å². The van der Waals surface area contributed by atoms with Gasteiger partial charge < -0.3 is 0 Å². The third kappa shape index (κ3) is 1.98. The van der Waals surface area contributed by atoms with E-state index in [1.165, 1.54) is 39.0 Å². The molecular formula is C21H20. The molecule has 2 aliphatic carbocycles. The van der Waals surface area contributed by atoms with Gasteiger partial charge in [0.15, 0.2) is 0 Å². The third-order valence-corrected chi connectivity index (χ3v) is 4.94. The summed E-state index contributed by atoms with van der Waals surface area (Å²) < 4.78 is 0. The first-order valence-electron chi connectivity index (χ1n) is 7.79. The SMILES string of the molecule is Cc1cc(CC2=CC=CC2)c(C)c2c1-c1ccccc1C2. The summed E-state index contributed by atoms with van der Waals surface area (Å²) in [5.41, 5.74) is 11.9. The number of fused-ring (bicyclic) bond motifs is 3. The number of benzene rings is 2. The van der Waals surface area contributed by atoms with E-state index in [1.807, 2.05) is 0 Å². The van der Waals surface area contributed by atoms with Crippen LogP contribution < -0.4 is 0 Å². The molecule has 2 aromatic carbocycles. The van der Waals surface area contributed by atoms with Crippen LogP contribution in [-0.2, 0) is 12.8 Å². The standard InChI is InChI=1S/C21H20/c1-14-11-18(12-16-7-3-4-8-16)15(2)20-13-17-9-5-6-10-19(17)21(14)20/h3-7,9-11H,8,12-13H2,1-2H3. The van der Waals surface area contributed by atoms with Crippen molar-refractivity contribution >= 4 is 0 Å². The van der Waals surface area contributed by atoms with Gasteiger partial charge in [-0.25, -0.2) is 0 Å². The molecule has 0 saturated carbocycles. The van der Waals surface area contributed by atoms with E-state index < -0.39 is 0 Å². The van der Waals surface area contributed by atoms with Gasteiger partial charge in [0.1, 0.15) is 0 Å². The van der Waals surface area contributed by atoms with Crippen molar-refractivity contribution in [1.29, 1.82) is 0 Å². The molecule has 0 atom stereocenters. The average molecular weight is 272 g/mol. The van der Waals surface area contributed by atoms with Crippen LogP contribution in [0.4, 0.5) is 0 Å². The zero-order valence-corrected chi connectivity index (χ0v) is 12.7. The Hall–Kier alpha value is -2.08. The monoisotopic (exact) mass is 272 g/mol. The smallest absolute Gasteiger partial charge is 0.00106 e. The van der Waals surface area contributed by atoms with E-state index in [0.717, 1.165) is 19.3 Å². The van der Waals surface area contributed by atoms with Crippen LogP contribution in [0, 0.1) is 13.8 Å².